The molecule has 0 amide bonds. The van der Waals surface area contributed by atoms with E-state index in [2.05, 4.69) is 18.7 Å². The van der Waals surface area contributed by atoms with Crippen LogP contribution in [0.5, 0.6) is 0 Å². The van der Waals surface area contributed by atoms with E-state index in [1.807, 2.05) is 0 Å². The zero-order valence-electron chi connectivity index (χ0n) is 18.2. The number of aliphatic hydroxyl groups excluding tert-OH is 2. The lowest BCUT2D eigenvalue weighted by atomic mass is 9.44. The minimum Gasteiger partial charge on any atom is -0.395 e. The summed E-state index contributed by atoms with van der Waals surface area (Å²) >= 11 is 0. The summed E-state index contributed by atoms with van der Waals surface area (Å²) in [7, 11) is 0. The van der Waals surface area contributed by atoms with Crippen LogP contribution in [0.2, 0.25) is 0 Å². The lowest BCUT2D eigenvalue weighted by Crippen LogP contribution is -2.59. The molecule has 4 nitrogen and oxygen atoms in total. The Morgan fingerprint density at radius 3 is 2.25 bits per heavy atom. The molecule has 4 aliphatic rings. The molecule has 0 aliphatic heterocycles. The van der Waals surface area contributed by atoms with E-state index >= 15 is 0 Å². The predicted octanol–water partition coefficient (Wildman–Crippen LogP) is 3.44. The molecule has 0 saturated heterocycles. The zero-order chi connectivity index (χ0) is 20.0. The van der Waals surface area contributed by atoms with Crippen LogP contribution in [0.15, 0.2) is 0 Å². The van der Waals surface area contributed by atoms with Gasteiger partial charge in [0, 0.05) is 25.0 Å². The van der Waals surface area contributed by atoms with E-state index in [0.29, 0.717) is 31.0 Å². The number of rotatable bonds is 6. The van der Waals surface area contributed by atoms with Crippen LogP contribution in [0.25, 0.3) is 0 Å². The van der Waals surface area contributed by atoms with Gasteiger partial charge < -0.3 is 15.3 Å². The number of fused-ring (bicyclic) bond motifs is 5. The van der Waals surface area contributed by atoms with Gasteiger partial charge in [-0.15, -0.1) is 0 Å². The monoisotopic (exact) mass is 393 g/mol. The number of hydrogen-bond donors (Lipinski definition) is 3. The van der Waals surface area contributed by atoms with E-state index in [9.17, 15) is 15.3 Å². The summed E-state index contributed by atoms with van der Waals surface area (Å²) in [5, 5.41) is 30.7. The van der Waals surface area contributed by atoms with Crippen LogP contribution in [0.4, 0.5) is 0 Å². The van der Waals surface area contributed by atoms with Gasteiger partial charge in [0.15, 0.2) is 0 Å². The highest BCUT2D eigenvalue weighted by molar-refractivity contribution is 5.14. The maximum absolute atomic E-state index is 11.9. The second-order valence-electron chi connectivity index (χ2n) is 11.2. The van der Waals surface area contributed by atoms with E-state index in [0.717, 1.165) is 37.0 Å². The predicted molar refractivity (Wildman–Crippen MR) is 112 cm³/mol. The molecule has 0 spiro atoms. The van der Waals surface area contributed by atoms with Crippen molar-refractivity contribution in [1.82, 2.24) is 4.90 Å². The first-order chi connectivity index (χ1) is 13.4. The fourth-order valence-corrected chi connectivity index (χ4v) is 8.59. The van der Waals surface area contributed by atoms with Crippen molar-refractivity contribution in [3.8, 4) is 0 Å². The Morgan fingerprint density at radius 2 is 1.54 bits per heavy atom. The van der Waals surface area contributed by atoms with E-state index in [1.165, 1.54) is 44.9 Å². The standard InChI is InChI=1S/C24H43NO3/c1-22-10-4-3-5-18(22)6-7-19-20(22)8-11-23(2)21(19)9-12-24(23,28)17-25(13-15-26)14-16-27/h18-21,26-28H,3-17H2,1-2H3/t18?,19?,20?,21?,22-,23-,24+/m0/s1. The van der Waals surface area contributed by atoms with Crippen molar-refractivity contribution in [3.63, 3.8) is 0 Å². The average Bonchev–Trinajstić information content (AvgIpc) is 2.93. The van der Waals surface area contributed by atoms with Gasteiger partial charge in [-0.25, -0.2) is 0 Å². The number of aliphatic hydroxyl groups is 3. The average molecular weight is 394 g/mol. The molecule has 4 rings (SSSR count). The largest absolute Gasteiger partial charge is 0.395 e. The molecular formula is C24H43NO3. The fourth-order valence-electron chi connectivity index (χ4n) is 8.59. The molecule has 7 atom stereocenters. The highest BCUT2D eigenvalue weighted by atomic mass is 16.3. The molecular weight excluding hydrogens is 350 g/mol. The normalized spacial score (nSPS) is 48.2. The van der Waals surface area contributed by atoms with E-state index in [1.54, 1.807) is 0 Å². The van der Waals surface area contributed by atoms with Crippen LogP contribution in [0, 0.1) is 34.5 Å². The van der Waals surface area contributed by atoms with Gasteiger partial charge in [-0.3, -0.25) is 4.90 Å². The Labute approximate surface area is 171 Å². The second-order valence-corrected chi connectivity index (χ2v) is 11.2. The van der Waals surface area contributed by atoms with E-state index < -0.39 is 5.60 Å². The van der Waals surface area contributed by atoms with Crippen molar-refractivity contribution in [1.29, 1.82) is 0 Å². The summed E-state index contributed by atoms with van der Waals surface area (Å²) in [6.07, 6.45) is 13.0. The van der Waals surface area contributed by atoms with Crippen molar-refractivity contribution in [3.05, 3.63) is 0 Å². The molecule has 0 bridgehead atoms. The molecule has 4 unspecified atom stereocenters. The van der Waals surface area contributed by atoms with Crippen molar-refractivity contribution in [2.45, 2.75) is 83.7 Å². The third-order valence-corrected chi connectivity index (χ3v) is 10.2. The van der Waals surface area contributed by atoms with Crippen LogP contribution >= 0.6 is 0 Å². The fraction of sp³-hybridized carbons (Fsp3) is 1.00. The van der Waals surface area contributed by atoms with Crippen molar-refractivity contribution in [2.75, 3.05) is 32.8 Å². The summed E-state index contributed by atoms with van der Waals surface area (Å²) < 4.78 is 0. The Hall–Kier alpha value is -0.160. The Morgan fingerprint density at radius 1 is 0.821 bits per heavy atom. The van der Waals surface area contributed by atoms with Crippen LogP contribution < -0.4 is 0 Å². The quantitative estimate of drug-likeness (QED) is 0.647. The SMILES string of the molecule is C[C@]12CCCCC1CCC1C2CC[C@@]2(C)C1CC[C@@]2(O)CN(CCO)CCO. The highest BCUT2D eigenvalue weighted by Gasteiger charge is 2.64. The highest BCUT2D eigenvalue weighted by Crippen LogP contribution is 2.68. The van der Waals surface area contributed by atoms with Gasteiger partial charge >= 0.3 is 0 Å². The van der Waals surface area contributed by atoms with E-state index in [-0.39, 0.29) is 18.6 Å². The minimum absolute atomic E-state index is 0.0187. The molecule has 28 heavy (non-hydrogen) atoms. The van der Waals surface area contributed by atoms with Gasteiger partial charge in [-0.1, -0.05) is 26.7 Å². The summed E-state index contributed by atoms with van der Waals surface area (Å²) in [4.78, 5) is 2.07. The minimum atomic E-state index is -0.683. The molecule has 0 heterocycles. The first-order valence-electron chi connectivity index (χ1n) is 12.0. The van der Waals surface area contributed by atoms with Gasteiger partial charge in [0.25, 0.3) is 0 Å². The Balaban J connectivity index is 1.54. The molecule has 162 valence electrons. The number of hydrogen-bond acceptors (Lipinski definition) is 4. The molecule has 0 aromatic carbocycles. The van der Waals surface area contributed by atoms with Crippen LogP contribution in [-0.2, 0) is 0 Å². The summed E-state index contributed by atoms with van der Waals surface area (Å²) in [5.74, 6) is 3.23. The maximum atomic E-state index is 11.9. The van der Waals surface area contributed by atoms with Crippen LogP contribution in [-0.4, -0.2) is 58.7 Å². The Bertz CT molecular complexity index is 550. The molecule has 0 aromatic rings. The molecule has 0 aromatic heterocycles. The van der Waals surface area contributed by atoms with E-state index in [4.69, 9.17) is 0 Å². The Kier molecular flexibility index (Phi) is 5.90. The molecule has 4 aliphatic carbocycles. The molecule has 3 N–H and O–H groups in total. The lowest BCUT2D eigenvalue weighted by Gasteiger charge is -2.61. The topological polar surface area (TPSA) is 63.9 Å². The van der Waals surface area contributed by atoms with Crippen molar-refractivity contribution in [2.24, 2.45) is 34.5 Å². The smallest absolute Gasteiger partial charge is 0.0830 e. The molecule has 4 fully saturated rings. The number of nitrogens with zero attached hydrogens (tertiary/aromatic N) is 1. The summed E-state index contributed by atoms with van der Waals surface area (Å²) in [6.45, 7) is 6.82. The van der Waals surface area contributed by atoms with Gasteiger partial charge in [0.2, 0.25) is 0 Å². The third kappa shape index (κ3) is 3.18. The maximum Gasteiger partial charge on any atom is 0.0830 e. The summed E-state index contributed by atoms with van der Waals surface area (Å²) in [5.41, 5.74) is -0.157. The molecule has 4 heteroatoms. The molecule has 4 saturated carbocycles. The van der Waals surface area contributed by atoms with Gasteiger partial charge in [-0.2, -0.15) is 0 Å². The summed E-state index contributed by atoms with van der Waals surface area (Å²) in [6, 6.07) is 0. The van der Waals surface area contributed by atoms with Crippen molar-refractivity contribution >= 4 is 0 Å². The van der Waals surface area contributed by atoms with Gasteiger partial charge in [-0.05, 0) is 80.5 Å². The van der Waals surface area contributed by atoms with Gasteiger partial charge in [0.05, 0.1) is 18.8 Å². The van der Waals surface area contributed by atoms with Crippen LogP contribution in [0.1, 0.15) is 78.1 Å². The van der Waals surface area contributed by atoms with Gasteiger partial charge in [0.1, 0.15) is 0 Å². The lowest BCUT2D eigenvalue weighted by molar-refractivity contribution is -0.158. The van der Waals surface area contributed by atoms with Crippen LogP contribution in [0.3, 0.4) is 0 Å². The molecule has 0 radical (unpaired) electrons. The van der Waals surface area contributed by atoms with Crippen molar-refractivity contribution < 1.29 is 15.3 Å². The first kappa shape index (κ1) is 21.1. The first-order valence-corrected chi connectivity index (χ1v) is 12.0. The second kappa shape index (κ2) is 7.83. The third-order valence-electron chi connectivity index (χ3n) is 10.2. The zero-order valence-corrected chi connectivity index (χ0v) is 18.2.